The van der Waals surface area contributed by atoms with E-state index in [2.05, 4.69) is 14.6 Å². The molecule has 0 spiro atoms. The fourth-order valence-corrected chi connectivity index (χ4v) is 0.604. The molecule has 12 heavy (non-hydrogen) atoms. The van der Waals surface area contributed by atoms with Gasteiger partial charge in [0.25, 0.3) is 0 Å². The molecular formula is C6H8N2O4. The highest BCUT2D eigenvalue weighted by Gasteiger charge is 2.05. The standard InChI is InChI=1S/C6H8N2O4/c1-2-11-6(10)12-8-4-3-7-5(8)9/h3-4H,2H2,1H3,(H,7,9). The average Bonchev–Trinajstić information content (AvgIpc) is 2.37. The molecule has 0 radical (unpaired) electrons. The minimum Gasteiger partial charge on any atom is -0.433 e. The fraction of sp³-hybridized carbons (Fsp3) is 0.333. The summed E-state index contributed by atoms with van der Waals surface area (Å²) in [6.45, 7) is 1.85. The second-order valence-electron chi connectivity index (χ2n) is 1.87. The molecule has 0 unspecified atom stereocenters. The van der Waals surface area contributed by atoms with Crippen LogP contribution in [0, 0.1) is 0 Å². The highest BCUT2D eigenvalue weighted by Crippen LogP contribution is 1.80. The number of nitrogens with zero attached hydrogens (tertiary/aromatic N) is 1. The maximum Gasteiger partial charge on any atom is 0.533 e. The Hall–Kier alpha value is -1.72. The summed E-state index contributed by atoms with van der Waals surface area (Å²) in [7, 11) is 0. The van der Waals surface area contributed by atoms with E-state index < -0.39 is 11.8 Å². The zero-order chi connectivity index (χ0) is 8.97. The van der Waals surface area contributed by atoms with E-state index in [4.69, 9.17) is 0 Å². The minimum atomic E-state index is -0.904. The number of aromatic amines is 1. The molecule has 1 N–H and O–H groups in total. The lowest BCUT2D eigenvalue weighted by molar-refractivity contribution is 0.0486. The molecule has 0 saturated heterocycles. The number of rotatable bonds is 2. The predicted octanol–water partition coefficient (Wildman–Crippen LogP) is -0.238. The average molecular weight is 172 g/mol. The van der Waals surface area contributed by atoms with Crippen LogP contribution < -0.4 is 10.5 Å². The Morgan fingerprint density at radius 1 is 1.75 bits per heavy atom. The lowest BCUT2D eigenvalue weighted by Gasteiger charge is -2.00. The molecule has 6 nitrogen and oxygen atoms in total. The number of imidazole rings is 1. The first-order chi connectivity index (χ1) is 5.74. The predicted molar refractivity (Wildman–Crippen MR) is 38.7 cm³/mol. The summed E-state index contributed by atoms with van der Waals surface area (Å²) in [6, 6.07) is 0. The smallest absolute Gasteiger partial charge is 0.433 e. The summed E-state index contributed by atoms with van der Waals surface area (Å²) in [5.41, 5.74) is -0.525. The van der Waals surface area contributed by atoms with Crippen LogP contribution in [0.5, 0.6) is 0 Å². The van der Waals surface area contributed by atoms with Gasteiger partial charge >= 0.3 is 11.8 Å². The van der Waals surface area contributed by atoms with Crippen molar-refractivity contribution in [3.63, 3.8) is 0 Å². The molecule has 1 rings (SSSR count). The Bertz CT molecular complexity index is 313. The van der Waals surface area contributed by atoms with E-state index in [9.17, 15) is 9.59 Å². The first-order valence-electron chi connectivity index (χ1n) is 3.35. The summed E-state index contributed by atoms with van der Waals surface area (Å²) < 4.78 is 5.18. The van der Waals surface area contributed by atoms with Crippen LogP contribution in [-0.4, -0.2) is 22.5 Å². The van der Waals surface area contributed by atoms with Crippen molar-refractivity contribution >= 4 is 6.16 Å². The maximum atomic E-state index is 10.7. The van der Waals surface area contributed by atoms with Crippen molar-refractivity contribution in [3.05, 3.63) is 22.9 Å². The Balaban J connectivity index is 2.58. The van der Waals surface area contributed by atoms with Crippen LogP contribution in [0.2, 0.25) is 0 Å². The van der Waals surface area contributed by atoms with E-state index in [0.717, 1.165) is 4.73 Å². The summed E-state index contributed by atoms with van der Waals surface area (Å²) in [6.07, 6.45) is 1.72. The number of H-pyrrole nitrogens is 1. The minimum absolute atomic E-state index is 0.206. The zero-order valence-electron chi connectivity index (χ0n) is 6.44. The fourth-order valence-electron chi connectivity index (χ4n) is 0.604. The number of ether oxygens (including phenoxy) is 1. The van der Waals surface area contributed by atoms with Crippen molar-refractivity contribution in [2.24, 2.45) is 0 Å². The Kier molecular flexibility index (Phi) is 2.52. The number of aromatic nitrogens is 2. The highest BCUT2D eigenvalue weighted by atomic mass is 16.8. The first kappa shape index (κ1) is 8.38. The number of hydrogen-bond donors (Lipinski definition) is 1. The second kappa shape index (κ2) is 3.61. The van der Waals surface area contributed by atoms with E-state index in [0.29, 0.717) is 0 Å². The largest absolute Gasteiger partial charge is 0.533 e. The molecule has 0 aliphatic carbocycles. The van der Waals surface area contributed by atoms with E-state index >= 15 is 0 Å². The maximum absolute atomic E-state index is 10.7. The molecule has 0 aliphatic heterocycles. The Labute approximate surface area is 67.7 Å². The van der Waals surface area contributed by atoms with Crippen molar-refractivity contribution in [1.82, 2.24) is 9.71 Å². The molecule has 1 heterocycles. The lowest BCUT2D eigenvalue weighted by Crippen LogP contribution is -2.28. The van der Waals surface area contributed by atoms with Gasteiger partial charge in [-0.05, 0) is 6.92 Å². The molecule has 0 aromatic carbocycles. The zero-order valence-corrected chi connectivity index (χ0v) is 6.44. The summed E-state index contributed by atoms with van der Waals surface area (Å²) in [5.74, 6) is 0. The second-order valence-corrected chi connectivity index (χ2v) is 1.87. The van der Waals surface area contributed by atoms with Crippen LogP contribution in [0.4, 0.5) is 4.79 Å². The van der Waals surface area contributed by atoms with Gasteiger partial charge in [-0.1, -0.05) is 0 Å². The number of carbonyl (C=O) groups excluding carboxylic acids is 1. The van der Waals surface area contributed by atoms with E-state index in [1.54, 1.807) is 6.92 Å². The van der Waals surface area contributed by atoms with Gasteiger partial charge in [0.2, 0.25) is 0 Å². The molecule has 6 heteroatoms. The SMILES string of the molecule is CCOC(=O)On1cc[nH]c1=O. The Morgan fingerprint density at radius 3 is 3.00 bits per heavy atom. The molecule has 1 aromatic rings. The van der Waals surface area contributed by atoms with Gasteiger partial charge in [-0.25, -0.2) is 9.59 Å². The van der Waals surface area contributed by atoms with Crippen molar-refractivity contribution in [3.8, 4) is 0 Å². The van der Waals surface area contributed by atoms with Crippen LogP contribution in [0.1, 0.15) is 6.92 Å². The van der Waals surface area contributed by atoms with E-state index in [1.165, 1.54) is 12.4 Å². The van der Waals surface area contributed by atoms with Gasteiger partial charge in [-0.15, -0.1) is 4.73 Å². The summed E-state index contributed by atoms with van der Waals surface area (Å²) >= 11 is 0. The highest BCUT2D eigenvalue weighted by molar-refractivity contribution is 5.59. The third-order valence-corrected chi connectivity index (χ3v) is 1.05. The van der Waals surface area contributed by atoms with Gasteiger partial charge in [0.1, 0.15) is 0 Å². The van der Waals surface area contributed by atoms with Crippen LogP contribution >= 0.6 is 0 Å². The summed E-state index contributed by atoms with van der Waals surface area (Å²) in [5, 5.41) is 0. The van der Waals surface area contributed by atoms with Crippen molar-refractivity contribution in [2.75, 3.05) is 6.61 Å². The van der Waals surface area contributed by atoms with Crippen LogP contribution in [0.25, 0.3) is 0 Å². The topological polar surface area (TPSA) is 73.3 Å². The Morgan fingerprint density at radius 2 is 2.50 bits per heavy atom. The van der Waals surface area contributed by atoms with Gasteiger partial charge < -0.3 is 9.72 Å². The quantitative estimate of drug-likeness (QED) is 0.625. The van der Waals surface area contributed by atoms with E-state index in [-0.39, 0.29) is 6.61 Å². The number of hydrogen-bond acceptors (Lipinski definition) is 4. The van der Waals surface area contributed by atoms with Crippen molar-refractivity contribution in [1.29, 1.82) is 0 Å². The summed E-state index contributed by atoms with van der Waals surface area (Å²) in [4.78, 5) is 28.1. The van der Waals surface area contributed by atoms with Crippen LogP contribution in [-0.2, 0) is 4.74 Å². The van der Waals surface area contributed by atoms with Gasteiger partial charge in [-0.3, -0.25) is 4.84 Å². The molecule has 0 amide bonds. The van der Waals surface area contributed by atoms with Gasteiger partial charge in [0.05, 0.1) is 12.8 Å². The van der Waals surface area contributed by atoms with Gasteiger partial charge in [0, 0.05) is 6.20 Å². The molecule has 66 valence electrons. The monoisotopic (exact) mass is 172 g/mol. The molecule has 1 aromatic heterocycles. The molecule has 0 saturated carbocycles. The van der Waals surface area contributed by atoms with E-state index in [1.807, 2.05) is 0 Å². The molecule has 0 bridgehead atoms. The van der Waals surface area contributed by atoms with Crippen molar-refractivity contribution in [2.45, 2.75) is 6.92 Å². The third-order valence-electron chi connectivity index (χ3n) is 1.05. The molecular weight excluding hydrogens is 164 g/mol. The number of carbonyl (C=O) groups is 1. The lowest BCUT2D eigenvalue weighted by atomic mass is 10.9. The van der Waals surface area contributed by atoms with Crippen LogP contribution in [0.15, 0.2) is 17.2 Å². The first-order valence-corrected chi connectivity index (χ1v) is 3.35. The normalized spacial score (nSPS) is 9.42. The molecule has 0 aliphatic rings. The van der Waals surface area contributed by atoms with Gasteiger partial charge in [0.15, 0.2) is 0 Å². The van der Waals surface area contributed by atoms with Gasteiger partial charge in [-0.2, -0.15) is 0 Å². The number of nitrogens with one attached hydrogen (secondary N) is 1. The molecule has 0 fully saturated rings. The third kappa shape index (κ3) is 1.88. The van der Waals surface area contributed by atoms with Crippen molar-refractivity contribution < 1.29 is 14.4 Å². The van der Waals surface area contributed by atoms with Crippen LogP contribution in [0.3, 0.4) is 0 Å². The molecule has 0 atom stereocenters.